The van der Waals surface area contributed by atoms with Gasteiger partial charge in [0.25, 0.3) is 5.91 Å². The van der Waals surface area contributed by atoms with Crippen LogP contribution < -0.4 is 4.74 Å². The number of rotatable bonds is 3. The fraction of sp³-hybridized carbons (Fsp3) is 0.519. The largest absolute Gasteiger partial charge is 0.492 e. The van der Waals surface area contributed by atoms with E-state index in [2.05, 4.69) is 4.90 Å². The monoisotopic (exact) mass is 490 g/mol. The quantitative estimate of drug-likeness (QED) is 0.590. The van der Waals surface area contributed by atoms with E-state index >= 15 is 0 Å². The van der Waals surface area contributed by atoms with Crippen LogP contribution in [0.1, 0.15) is 47.2 Å². The molecule has 1 amide bonds. The maximum absolute atomic E-state index is 13.2. The number of alkyl halides is 3. The Hall–Kier alpha value is -2.58. The van der Waals surface area contributed by atoms with Crippen LogP contribution in [0.4, 0.5) is 13.2 Å². The highest BCUT2D eigenvalue weighted by Crippen LogP contribution is 2.30. The highest BCUT2D eigenvalue weighted by molar-refractivity contribution is 5.94. The van der Waals surface area contributed by atoms with E-state index in [1.807, 2.05) is 23.1 Å². The minimum atomic E-state index is -4.36. The van der Waals surface area contributed by atoms with Gasteiger partial charge < -0.3 is 14.4 Å². The van der Waals surface area contributed by atoms with Crippen LogP contribution in [0.25, 0.3) is 0 Å². The fourth-order valence-corrected chi connectivity index (χ4v) is 5.09. The van der Waals surface area contributed by atoms with E-state index in [1.165, 1.54) is 12.1 Å². The van der Waals surface area contributed by atoms with E-state index in [4.69, 9.17) is 9.47 Å². The van der Waals surface area contributed by atoms with E-state index in [0.717, 1.165) is 38.3 Å². The van der Waals surface area contributed by atoms with Crippen LogP contribution in [-0.2, 0) is 17.5 Å². The number of carbonyl (C=O) groups excluding carboxylic acids is 1. The third-order valence-corrected chi connectivity index (χ3v) is 6.97. The molecule has 0 spiro atoms. The minimum Gasteiger partial charge on any atom is -0.492 e. The number of hydrogen-bond acceptors (Lipinski definition) is 4. The summed E-state index contributed by atoms with van der Waals surface area (Å²) in [6.07, 6.45) is -0.607. The summed E-state index contributed by atoms with van der Waals surface area (Å²) in [4.78, 5) is 17.2. The second kappa shape index (κ2) is 11.4. The summed E-state index contributed by atoms with van der Waals surface area (Å²) in [5.41, 5.74) is 0.610. The molecule has 2 aromatic rings. The summed E-state index contributed by atoms with van der Waals surface area (Å²) in [6.45, 7) is 3.47. The van der Waals surface area contributed by atoms with Crippen molar-refractivity contribution in [3.8, 4) is 5.75 Å². The first kappa shape index (κ1) is 25.5. The van der Waals surface area contributed by atoms with E-state index in [-0.39, 0.29) is 17.9 Å². The van der Waals surface area contributed by atoms with Gasteiger partial charge in [0, 0.05) is 44.8 Å². The normalized spacial score (nSPS) is 22.7. The molecule has 0 aromatic heterocycles. The second-order valence-corrected chi connectivity index (χ2v) is 9.42. The number of piperidine rings is 1. The maximum Gasteiger partial charge on any atom is 0.416 e. The molecule has 4 bridgehead atoms. The van der Waals surface area contributed by atoms with Crippen molar-refractivity contribution in [1.82, 2.24) is 9.80 Å². The van der Waals surface area contributed by atoms with Crippen LogP contribution in [0, 0.1) is 5.92 Å². The number of hydrogen-bond donors (Lipinski definition) is 0. The molecule has 2 aromatic carbocycles. The van der Waals surface area contributed by atoms with E-state index in [9.17, 15) is 18.0 Å². The molecule has 1 saturated heterocycles. The van der Waals surface area contributed by atoms with Crippen molar-refractivity contribution in [3.05, 3.63) is 65.2 Å². The zero-order valence-electron chi connectivity index (χ0n) is 20.1. The lowest BCUT2D eigenvalue weighted by molar-refractivity contribution is -0.137. The summed E-state index contributed by atoms with van der Waals surface area (Å²) in [6, 6.07) is 12.8. The van der Waals surface area contributed by atoms with E-state index < -0.39 is 11.7 Å². The standard InChI is InChI=1S/C27H33F3N2O3/c1-34-25-11-13-32-19-22(25)7-2-3-12-31(18-20-6-4-9-23(16-20)27(28,29)30)14-15-35-24-10-5-8-21(17-24)26(32)33/h4-6,8-10,16-17,22,25H,2-3,7,11-15,18-19H2,1H3/t22-,25+/m0/s1. The average Bonchev–Trinajstić information content (AvgIpc) is 2.85. The van der Waals surface area contributed by atoms with E-state index in [0.29, 0.717) is 49.7 Å². The van der Waals surface area contributed by atoms with Crippen molar-refractivity contribution in [1.29, 1.82) is 0 Å². The highest BCUT2D eigenvalue weighted by Gasteiger charge is 2.32. The Balaban J connectivity index is 1.50. The summed E-state index contributed by atoms with van der Waals surface area (Å²) in [7, 11) is 1.73. The average molecular weight is 491 g/mol. The molecule has 0 radical (unpaired) electrons. The van der Waals surface area contributed by atoms with Gasteiger partial charge in [-0.05, 0) is 55.6 Å². The van der Waals surface area contributed by atoms with E-state index in [1.54, 1.807) is 19.2 Å². The number of carbonyl (C=O) groups is 1. The van der Waals surface area contributed by atoms with Crippen molar-refractivity contribution in [2.24, 2.45) is 5.92 Å². The van der Waals surface area contributed by atoms with Gasteiger partial charge in [0.15, 0.2) is 0 Å². The van der Waals surface area contributed by atoms with Gasteiger partial charge in [-0.3, -0.25) is 9.69 Å². The second-order valence-electron chi connectivity index (χ2n) is 9.42. The van der Waals surface area contributed by atoms with Gasteiger partial charge in [0.1, 0.15) is 12.4 Å². The Labute approximate surface area is 204 Å². The minimum absolute atomic E-state index is 0.0102. The molecule has 190 valence electrons. The molecular weight excluding hydrogens is 457 g/mol. The van der Waals surface area contributed by atoms with Gasteiger partial charge >= 0.3 is 6.18 Å². The number of benzene rings is 2. The molecule has 2 heterocycles. The lowest BCUT2D eigenvalue weighted by Crippen LogP contribution is -2.46. The third-order valence-electron chi connectivity index (χ3n) is 6.97. The first-order valence-corrected chi connectivity index (χ1v) is 12.3. The number of methoxy groups -OCH3 is 1. The predicted molar refractivity (Wildman–Crippen MR) is 127 cm³/mol. The molecule has 2 aliphatic heterocycles. The Morgan fingerprint density at radius 2 is 1.86 bits per heavy atom. The van der Waals surface area contributed by atoms with Crippen LogP contribution in [0.3, 0.4) is 0 Å². The molecule has 0 N–H and O–H groups in total. The van der Waals surface area contributed by atoms with Crippen LogP contribution in [0.15, 0.2) is 48.5 Å². The lowest BCUT2D eigenvalue weighted by Gasteiger charge is -2.38. The zero-order chi connectivity index (χ0) is 24.8. The van der Waals surface area contributed by atoms with Crippen molar-refractivity contribution in [3.63, 3.8) is 0 Å². The van der Waals surface area contributed by atoms with Gasteiger partial charge in [0.2, 0.25) is 0 Å². The highest BCUT2D eigenvalue weighted by atomic mass is 19.4. The molecule has 0 aliphatic carbocycles. The van der Waals surface area contributed by atoms with Gasteiger partial charge in [-0.1, -0.05) is 30.7 Å². The molecule has 0 unspecified atom stereocenters. The molecular formula is C27H33F3N2O3. The van der Waals surface area contributed by atoms with Crippen molar-refractivity contribution >= 4 is 5.91 Å². The van der Waals surface area contributed by atoms with Gasteiger partial charge in [-0.2, -0.15) is 13.2 Å². The van der Waals surface area contributed by atoms with Gasteiger partial charge in [-0.25, -0.2) is 0 Å². The van der Waals surface area contributed by atoms with Crippen LogP contribution in [-0.4, -0.2) is 61.7 Å². The fourth-order valence-electron chi connectivity index (χ4n) is 5.09. The Kier molecular flexibility index (Phi) is 8.34. The Morgan fingerprint density at radius 3 is 2.66 bits per heavy atom. The van der Waals surface area contributed by atoms with Crippen molar-refractivity contribution in [2.45, 2.75) is 44.5 Å². The predicted octanol–water partition coefficient (Wildman–Crippen LogP) is 5.25. The number of amides is 1. The first-order chi connectivity index (χ1) is 16.8. The summed E-state index contributed by atoms with van der Waals surface area (Å²) >= 11 is 0. The summed E-state index contributed by atoms with van der Waals surface area (Å²) < 4.78 is 51.2. The van der Waals surface area contributed by atoms with Gasteiger partial charge in [-0.15, -0.1) is 0 Å². The smallest absolute Gasteiger partial charge is 0.416 e. The number of fused-ring (bicyclic) bond motifs is 4. The maximum atomic E-state index is 13.2. The molecule has 5 nitrogen and oxygen atoms in total. The topological polar surface area (TPSA) is 42.0 Å². The molecule has 1 fully saturated rings. The third kappa shape index (κ3) is 6.76. The van der Waals surface area contributed by atoms with Crippen LogP contribution in [0.2, 0.25) is 0 Å². The molecule has 2 atom stereocenters. The first-order valence-electron chi connectivity index (χ1n) is 12.3. The molecule has 8 heteroatoms. The van der Waals surface area contributed by atoms with Crippen molar-refractivity contribution in [2.75, 3.05) is 39.9 Å². The van der Waals surface area contributed by atoms with Gasteiger partial charge in [0.05, 0.1) is 11.7 Å². The molecule has 35 heavy (non-hydrogen) atoms. The zero-order valence-corrected chi connectivity index (χ0v) is 20.1. The SMILES string of the molecule is CO[C@@H]1CCN2C[C@@H]1CCCCN(Cc1cccc(C(F)(F)F)c1)CCOc1cccc(c1)C2=O. The Bertz CT molecular complexity index is 998. The lowest BCUT2D eigenvalue weighted by atomic mass is 9.89. The Morgan fingerprint density at radius 1 is 1.03 bits per heavy atom. The molecule has 0 saturated carbocycles. The number of nitrogens with zero attached hydrogens (tertiary/aromatic N) is 2. The number of halogens is 3. The number of ether oxygens (including phenoxy) is 2. The molecule has 4 rings (SSSR count). The van der Waals surface area contributed by atoms with Crippen LogP contribution >= 0.6 is 0 Å². The summed E-state index contributed by atoms with van der Waals surface area (Å²) in [5.74, 6) is 0.892. The molecule has 2 aliphatic rings. The van der Waals surface area contributed by atoms with Crippen molar-refractivity contribution < 1.29 is 27.4 Å². The summed E-state index contributed by atoms with van der Waals surface area (Å²) in [5, 5.41) is 0. The van der Waals surface area contributed by atoms with Crippen LogP contribution in [0.5, 0.6) is 5.75 Å².